The van der Waals surface area contributed by atoms with Gasteiger partial charge in [-0.3, -0.25) is 19.7 Å². The topological polar surface area (TPSA) is 99.3 Å². The van der Waals surface area contributed by atoms with E-state index in [1.54, 1.807) is 48.9 Å². The Morgan fingerprint density at radius 3 is 2.71 bits per heavy atom. The largest absolute Gasteiger partial charge is 0.461 e. The van der Waals surface area contributed by atoms with Crippen molar-refractivity contribution in [3.63, 3.8) is 0 Å². The van der Waals surface area contributed by atoms with Crippen LogP contribution < -0.4 is 0 Å². The summed E-state index contributed by atoms with van der Waals surface area (Å²) in [6.45, 7) is 2.62. The van der Waals surface area contributed by atoms with Gasteiger partial charge in [-0.15, -0.1) is 10.2 Å². The summed E-state index contributed by atoms with van der Waals surface area (Å²) >= 11 is 7.27. The molecule has 0 saturated heterocycles. The molecular weight excluding hydrogens is 438 g/mol. The normalized spacial score (nSPS) is 11.3. The van der Waals surface area contributed by atoms with Crippen molar-refractivity contribution >= 4 is 41.0 Å². The molecule has 0 unspecified atom stereocenters. The van der Waals surface area contributed by atoms with Gasteiger partial charge < -0.3 is 4.42 Å². The van der Waals surface area contributed by atoms with Crippen molar-refractivity contribution in [3.8, 4) is 11.6 Å². The van der Waals surface area contributed by atoms with Gasteiger partial charge in [-0.2, -0.15) is 0 Å². The van der Waals surface area contributed by atoms with Gasteiger partial charge >= 0.3 is 0 Å². The second-order valence-electron chi connectivity index (χ2n) is 6.34. The number of aromatic nitrogens is 3. The molecule has 0 N–H and O–H groups in total. The zero-order valence-corrected chi connectivity index (χ0v) is 17.9. The molecule has 10 heteroatoms. The Bertz CT molecular complexity index is 1240. The van der Waals surface area contributed by atoms with Crippen LogP contribution in [-0.2, 0) is 6.54 Å². The number of non-ortho nitro benzene ring substituents is 1. The van der Waals surface area contributed by atoms with Gasteiger partial charge in [0.25, 0.3) is 5.69 Å². The van der Waals surface area contributed by atoms with Crippen LogP contribution in [0.5, 0.6) is 0 Å². The van der Waals surface area contributed by atoms with Gasteiger partial charge in [-0.1, -0.05) is 11.6 Å². The molecule has 0 spiro atoms. The number of nitro groups is 1. The summed E-state index contributed by atoms with van der Waals surface area (Å²) in [6, 6.07) is 15.3. The lowest BCUT2D eigenvalue weighted by Crippen LogP contribution is -2.00. The molecule has 0 bridgehead atoms. The molecule has 31 heavy (non-hydrogen) atoms. The molecule has 0 radical (unpaired) electrons. The molecule has 2 aromatic carbocycles. The summed E-state index contributed by atoms with van der Waals surface area (Å²) in [6.07, 6.45) is 3.18. The fourth-order valence-electron chi connectivity index (χ4n) is 2.85. The van der Waals surface area contributed by atoms with Crippen molar-refractivity contribution in [2.24, 2.45) is 4.99 Å². The number of benzene rings is 2. The Balaban J connectivity index is 1.70. The summed E-state index contributed by atoms with van der Waals surface area (Å²) in [5.41, 5.74) is 1.26. The highest BCUT2D eigenvalue weighted by molar-refractivity contribution is 7.99. The second-order valence-corrected chi connectivity index (χ2v) is 7.79. The Morgan fingerprint density at radius 1 is 1.23 bits per heavy atom. The third kappa shape index (κ3) is 4.68. The van der Waals surface area contributed by atoms with Gasteiger partial charge in [0.2, 0.25) is 0 Å². The maximum absolute atomic E-state index is 11.3. The lowest BCUT2D eigenvalue weighted by molar-refractivity contribution is -0.384. The van der Waals surface area contributed by atoms with Crippen LogP contribution >= 0.6 is 23.4 Å². The van der Waals surface area contributed by atoms with E-state index < -0.39 is 4.92 Å². The van der Waals surface area contributed by atoms with Crippen molar-refractivity contribution in [1.82, 2.24) is 14.8 Å². The van der Waals surface area contributed by atoms with Gasteiger partial charge in [0.05, 0.1) is 16.9 Å². The molecule has 0 fully saturated rings. The van der Waals surface area contributed by atoms with Crippen molar-refractivity contribution in [2.75, 3.05) is 0 Å². The first kappa shape index (κ1) is 20.8. The van der Waals surface area contributed by atoms with Gasteiger partial charge in [0.15, 0.2) is 16.7 Å². The molecule has 0 atom stereocenters. The molecule has 0 saturated carbocycles. The van der Waals surface area contributed by atoms with Crippen LogP contribution in [-0.4, -0.2) is 25.9 Å². The lowest BCUT2D eigenvalue weighted by atomic mass is 10.2. The van der Waals surface area contributed by atoms with E-state index in [0.717, 1.165) is 4.90 Å². The van der Waals surface area contributed by atoms with Crippen LogP contribution in [0.4, 0.5) is 11.4 Å². The van der Waals surface area contributed by atoms with Crippen molar-refractivity contribution in [1.29, 1.82) is 0 Å². The van der Waals surface area contributed by atoms with Crippen LogP contribution in [0, 0.1) is 10.1 Å². The summed E-state index contributed by atoms with van der Waals surface area (Å²) in [5.74, 6) is 1.24. The van der Waals surface area contributed by atoms with E-state index in [0.29, 0.717) is 39.6 Å². The molecular formula is C21H16ClN5O3S. The maximum atomic E-state index is 11.3. The number of halogens is 1. The molecule has 0 aliphatic rings. The summed E-state index contributed by atoms with van der Waals surface area (Å²) in [7, 11) is 0. The first-order valence-corrected chi connectivity index (χ1v) is 10.5. The van der Waals surface area contributed by atoms with Gasteiger partial charge in [0.1, 0.15) is 0 Å². The van der Waals surface area contributed by atoms with Gasteiger partial charge in [0, 0.05) is 40.4 Å². The van der Waals surface area contributed by atoms with E-state index in [1.165, 1.54) is 23.9 Å². The Morgan fingerprint density at radius 2 is 2.03 bits per heavy atom. The summed E-state index contributed by atoms with van der Waals surface area (Å²) in [5, 5.41) is 21.1. The molecule has 2 aromatic heterocycles. The zero-order valence-electron chi connectivity index (χ0n) is 16.3. The van der Waals surface area contributed by atoms with E-state index >= 15 is 0 Å². The average molecular weight is 454 g/mol. The quantitative estimate of drug-likeness (QED) is 0.192. The van der Waals surface area contributed by atoms with Crippen LogP contribution in [0.2, 0.25) is 5.02 Å². The van der Waals surface area contributed by atoms with Gasteiger partial charge in [-0.05, 0) is 61.2 Å². The zero-order chi connectivity index (χ0) is 21.8. The third-order valence-electron chi connectivity index (χ3n) is 4.36. The minimum Gasteiger partial charge on any atom is -0.461 e. The minimum absolute atomic E-state index is 0.0184. The van der Waals surface area contributed by atoms with Crippen LogP contribution in [0.15, 0.2) is 80.3 Å². The van der Waals surface area contributed by atoms with Crippen LogP contribution in [0.3, 0.4) is 0 Å². The van der Waals surface area contributed by atoms with Crippen molar-refractivity contribution in [3.05, 3.63) is 81.6 Å². The molecule has 8 nitrogen and oxygen atoms in total. The van der Waals surface area contributed by atoms with E-state index in [9.17, 15) is 10.1 Å². The van der Waals surface area contributed by atoms with Crippen molar-refractivity contribution < 1.29 is 9.34 Å². The third-order valence-corrected chi connectivity index (χ3v) is 5.69. The fraction of sp³-hybridized carbons (Fsp3) is 0.0952. The number of rotatable bonds is 7. The second kappa shape index (κ2) is 9.15. The number of aliphatic imine (C=N–C) groups is 1. The van der Waals surface area contributed by atoms with Crippen molar-refractivity contribution in [2.45, 2.75) is 23.5 Å². The highest BCUT2D eigenvalue weighted by atomic mass is 35.5. The van der Waals surface area contributed by atoms with E-state index in [1.807, 2.05) is 17.6 Å². The first-order valence-electron chi connectivity index (χ1n) is 9.28. The molecule has 0 aliphatic heterocycles. The van der Waals surface area contributed by atoms with E-state index in [-0.39, 0.29) is 5.69 Å². The minimum atomic E-state index is -0.433. The standard InChI is InChI=1S/C21H16ClN5O3S/c1-2-26-20(18-4-3-11-30-18)24-25-21(26)31-19-10-9-17(27(28)29)12-14(19)13-23-16-7-5-15(22)6-8-16/h3-13H,2H2,1H3. The monoisotopic (exact) mass is 453 g/mol. The number of nitrogens with zero attached hydrogens (tertiary/aromatic N) is 5. The molecule has 4 rings (SSSR count). The highest BCUT2D eigenvalue weighted by Gasteiger charge is 2.18. The Hall–Kier alpha value is -3.43. The lowest BCUT2D eigenvalue weighted by Gasteiger charge is -2.08. The highest BCUT2D eigenvalue weighted by Crippen LogP contribution is 2.33. The predicted molar refractivity (Wildman–Crippen MR) is 119 cm³/mol. The molecule has 0 amide bonds. The van der Waals surface area contributed by atoms with Gasteiger partial charge in [-0.25, -0.2) is 0 Å². The first-order chi connectivity index (χ1) is 15.0. The summed E-state index contributed by atoms with van der Waals surface area (Å²) < 4.78 is 7.37. The molecule has 2 heterocycles. The van der Waals surface area contributed by atoms with E-state index in [2.05, 4.69) is 15.2 Å². The maximum Gasteiger partial charge on any atom is 0.270 e. The average Bonchev–Trinajstić information content (AvgIpc) is 3.43. The molecule has 156 valence electrons. The number of hydrogen-bond acceptors (Lipinski definition) is 7. The number of nitro benzene ring substituents is 1. The Kier molecular flexibility index (Phi) is 6.15. The number of furan rings is 1. The molecule has 0 aliphatic carbocycles. The summed E-state index contributed by atoms with van der Waals surface area (Å²) in [4.78, 5) is 16.0. The van der Waals surface area contributed by atoms with Crippen LogP contribution in [0.1, 0.15) is 12.5 Å². The Labute approximate surface area is 186 Å². The van der Waals surface area contributed by atoms with E-state index in [4.69, 9.17) is 16.0 Å². The predicted octanol–water partition coefficient (Wildman–Crippen LogP) is 6.02. The SMILES string of the molecule is CCn1c(Sc2ccc([N+](=O)[O-])cc2C=Nc2ccc(Cl)cc2)nnc1-c1ccco1. The number of hydrogen-bond donors (Lipinski definition) is 0. The smallest absolute Gasteiger partial charge is 0.270 e. The molecule has 4 aromatic rings. The van der Waals surface area contributed by atoms with Crippen LogP contribution in [0.25, 0.3) is 11.6 Å². The fourth-order valence-corrected chi connectivity index (χ4v) is 3.95.